The summed E-state index contributed by atoms with van der Waals surface area (Å²) < 4.78 is 4.83. The summed E-state index contributed by atoms with van der Waals surface area (Å²) in [7, 11) is 0. The molecule has 0 saturated carbocycles. The Morgan fingerprint density at radius 3 is 2.46 bits per heavy atom. The van der Waals surface area contributed by atoms with Crippen molar-refractivity contribution in [2.75, 3.05) is 13.2 Å². The third-order valence-electron chi connectivity index (χ3n) is 1.45. The van der Waals surface area contributed by atoms with Gasteiger partial charge in [-0.3, -0.25) is 4.79 Å². The van der Waals surface area contributed by atoms with E-state index < -0.39 is 25.0 Å². The van der Waals surface area contributed by atoms with Gasteiger partial charge in [-0.1, -0.05) is 0 Å². The maximum Gasteiger partial charge on any atom is 0.207 e. The van der Waals surface area contributed by atoms with Crippen LogP contribution in [0.5, 0.6) is 0 Å². The van der Waals surface area contributed by atoms with Crippen LogP contribution < -0.4 is 5.32 Å². The zero-order chi connectivity index (χ0) is 10.3. The van der Waals surface area contributed by atoms with E-state index in [4.69, 9.17) is 14.9 Å². The van der Waals surface area contributed by atoms with Crippen molar-refractivity contribution in [1.29, 1.82) is 0 Å². The van der Waals surface area contributed by atoms with Crippen LogP contribution in [0.3, 0.4) is 0 Å². The lowest BCUT2D eigenvalue weighted by Crippen LogP contribution is -2.45. The lowest BCUT2D eigenvalue weighted by Gasteiger charge is -2.22. The molecule has 0 rings (SSSR count). The summed E-state index contributed by atoms with van der Waals surface area (Å²) in [5.41, 5.74) is 0. The molecule has 1 amide bonds. The maximum atomic E-state index is 10.00. The van der Waals surface area contributed by atoms with Crippen LogP contribution >= 0.6 is 0 Å². The molecule has 0 heterocycles. The Labute approximate surface area is 76.1 Å². The Bertz CT molecular complexity index is 143. The van der Waals surface area contributed by atoms with Gasteiger partial charge in [0.25, 0.3) is 0 Å². The minimum Gasteiger partial charge on any atom is -0.394 e. The molecule has 3 atom stereocenters. The van der Waals surface area contributed by atoms with Gasteiger partial charge in [0.2, 0.25) is 6.41 Å². The first-order chi connectivity index (χ1) is 6.15. The summed E-state index contributed by atoms with van der Waals surface area (Å²) in [6.07, 6.45) is -1.51. The molecule has 0 spiro atoms. The summed E-state index contributed by atoms with van der Waals surface area (Å²) in [5, 5.41) is 28.7. The molecule has 0 saturated heterocycles. The van der Waals surface area contributed by atoms with Gasteiger partial charge in [-0.05, 0) is 6.92 Å². The summed E-state index contributed by atoms with van der Waals surface area (Å²) in [6, 6.07) is -0.869. The van der Waals surface area contributed by atoms with E-state index in [9.17, 15) is 9.90 Å². The number of hydrogen-bond donors (Lipinski definition) is 4. The number of rotatable bonds is 7. The molecule has 0 fully saturated rings. The van der Waals surface area contributed by atoms with Gasteiger partial charge >= 0.3 is 0 Å². The summed E-state index contributed by atoms with van der Waals surface area (Å²) in [6.45, 7) is 0.882. The molecule has 4 N–H and O–H groups in total. The summed E-state index contributed by atoms with van der Waals surface area (Å²) in [5.74, 6) is 0. The first-order valence-electron chi connectivity index (χ1n) is 3.90. The average Bonchev–Trinajstić information content (AvgIpc) is 2.13. The predicted octanol–water partition coefficient (Wildman–Crippen LogP) is -2.19. The molecule has 6 heteroatoms. The molecular weight excluding hydrogens is 178 g/mol. The molecule has 3 unspecified atom stereocenters. The number of amides is 1. The highest BCUT2D eigenvalue weighted by atomic mass is 16.6. The molecule has 6 nitrogen and oxygen atoms in total. The van der Waals surface area contributed by atoms with Crippen molar-refractivity contribution in [3.8, 4) is 0 Å². The van der Waals surface area contributed by atoms with Crippen LogP contribution in [-0.4, -0.2) is 53.4 Å². The molecule has 0 aliphatic heterocycles. The van der Waals surface area contributed by atoms with Crippen LogP contribution in [0.4, 0.5) is 0 Å². The first kappa shape index (κ1) is 12.3. The van der Waals surface area contributed by atoms with E-state index in [0.717, 1.165) is 0 Å². The molecule has 0 aromatic rings. The molecule has 13 heavy (non-hydrogen) atoms. The summed E-state index contributed by atoms with van der Waals surface area (Å²) >= 11 is 0. The van der Waals surface area contributed by atoms with Crippen molar-refractivity contribution in [2.45, 2.75) is 25.4 Å². The Balaban J connectivity index is 3.89. The molecule has 0 aliphatic carbocycles. The van der Waals surface area contributed by atoms with Crippen LogP contribution in [0.2, 0.25) is 0 Å². The zero-order valence-corrected chi connectivity index (χ0v) is 7.38. The van der Waals surface area contributed by atoms with Gasteiger partial charge in [0.05, 0.1) is 19.3 Å². The van der Waals surface area contributed by atoms with Gasteiger partial charge < -0.3 is 25.4 Å². The number of ether oxygens (including phenoxy) is 1. The monoisotopic (exact) mass is 193 g/mol. The molecule has 0 aromatic heterocycles. The number of carbonyl (C=O) groups is 1. The zero-order valence-electron chi connectivity index (χ0n) is 7.38. The first-order valence-corrected chi connectivity index (χ1v) is 3.90. The highest BCUT2D eigenvalue weighted by molar-refractivity contribution is 5.46. The van der Waals surface area contributed by atoms with Crippen LogP contribution in [-0.2, 0) is 9.53 Å². The van der Waals surface area contributed by atoms with E-state index in [-0.39, 0.29) is 6.61 Å². The fourth-order valence-electron chi connectivity index (χ4n) is 0.688. The maximum absolute atomic E-state index is 10.00. The lowest BCUT2D eigenvalue weighted by atomic mass is 10.3. The van der Waals surface area contributed by atoms with Crippen molar-refractivity contribution >= 4 is 6.41 Å². The van der Waals surface area contributed by atoms with Gasteiger partial charge in [-0.15, -0.1) is 0 Å². The van der Waals surface area contributed by atoms with Crippen LogP contribution in [0.1, 0.15) is 6.92 Å². The van der Waals surface area contributed by atoms with Gasteiger partial charge in [0.1, 0.15) is 6.04 Å². The number of aliphatic hydroxyl groups is 3. The largest absolute Gasteiger partial charge is 0.394 e. The van der Waals surface area contributed by atoms with E-state index in [1.54, 1.807) is 6.92 Å². The SMILES string of the molecule is CC(CO)OC(O)C(CO)NC=O. The average molecular weight is 193 g/mol. The van der Waals surface area contributed by atoms with Gasteiger partial charge in [0.15, 0.2) is 6.29 Å². The fraction of sp³-hybridized carbons (Fsp3) is 0.857. The normalized spacial score (nSPS) is 17.5. The minimum absolute atomic E-state index is 0.240. The van der Waals surface area contributed by atoms with Crippen molar-refractivity contribution in [3.05, 3.63) is 0 Å². The highest BCUT2D eigenvalue weighted by Crippen LogP contribution is 1.99. The van der Waals surface area contributed by atoms with Gasteiger partial charge in [-0.2, -0.15) is 0 Å². The van der Waals surface area contributed by atoms with E-state index in [1.165, 1.54) is 0 Å². The van der Waals surface area contributed by atoms with Crippen molar-refractivity contribution in [3.63, 3.8) is 0 Å². The second-order valence-corrected chi connectivity index (χ2v) is 2.59. The quantitative estimate of drug-likeness (QED) is 0.272. The third kappa shape index (κ3) is 4.79. The third-order valence-corrected chi connectivity index (χ3v) is 1.45. The van der Waals surface area contributed by atoms with Crippen molar-refractivity contribution in [1.82, 2.24) is 5.32 Å². The number of aliphatic hydroxyl groups excluding tert-OH is 3. The Morgan fingerprint density at radius 2 is 2.08 bits per heavy atom. The standard InChI is InChI=1S/C7H15NO5/c1-5(2-9)13-7(12)6(3-10)8-4-11/h4-7,9-10,12H,2-3H2,1H3,(H,8,11). The Kier molecular flexibility index (Phi) is 6.43. The second kappa shape index (κ2) is 6.79. The minimum atomic E-state index is -1.32. The predicted molar refractivity (Wildman–Crippen MR) is 43.7 cm³/mol. The van der Waals surface area contributed by atoms with Gasteiger partial charge in [0, 0.05) is 0 Å². The van der Waals surface area contributed by atoms with Gasteiger partial charge in [-0.25, -0.2) is 0 Å². The molecule has 0 aromatic carbocycles. The van der Waals surface area contributed by atoms with Crippen molar-refractivity contribution in [2.24, 2.45) is 0 Å². The number of hydrogen-bond acceptors (Lipinski definition) is 5. The van der Waals surface area contributed by atoms with E-state index >= 15 is 0 Å². The Hall–Kier alpha value is -0.690. The van der Waals surface area contributed by atoms with E-state index in [1.807, 2.05) is 0 Å². The molecule has 0 aliphatic rings. The molecule has 78 valence electrons. The summed E-state index contributed by atoms with van der Waals surface area (Å²) in [4.78, 5) is 10.00. The number of nitrogens with one attached hydrogen (secondary N) is 1. The Morgan fingerprint density at radius 1 is 1.46 bits per heavy atom. The van der Waals surface area contributed by atoms with E-state index in [0.29, 0.717) is 6.41 Å². The van der Waals surface area contributed by atoms with Crippen LogP contribution in [0.25, 0.3) is 0 Å². The van der Waals surface area contributed by atoms with Crippen LogP contribution in [0, 0.1) is 0 Å². The molecular formula is C7H15NO5. The second-order valence-electron chi connectivity index (χ2n) is 2.59. The fourth-order valence-corrected chi connectivity index (χ4v) is 0.688. The highest BCUT2D eigenvalue weighted by Gasteiger charge is 2.19. The van der Waals surface area contributed by atoms with Crippen molar-refractivity contribution < 1.29 is 24.9 Å². The van der Waals surface area contributed by atoms with E-state index in [2.05, 4.69) is 5.32 Å². The smallest absolute Gasteiger partial charge is 0.207 e. The molecule has 0 bridgehead atoms. The molecule has 0 radical (unpaired) electrons. The number of carbonyl (C=O) groups excluding carboxylic acids is 1. The topological polar surface area (TPSA) is 99.0 Å². The van der Waals surface area contributed by atoms with Crippen LogP contribution in [0.15, 0.2) is 0 Å². The lowest BCUT2D eigenvalue weighted by molar-refractivity contribution is -0.163.